The number of rotatable bonds is 7. The summed E-state index contributed by atoms with van der Waals surface area (Å²) in [6.45, 7) is 0. The van der Waals surface area contributed by atoms with Gasteiger partial charge in [0.25, 0.3) is 5.91 Å². The van der Waals surface area contributed by atoms with Gasteiger partial charge in [0.1, 0.15) is 11.5 Å². The van der Waals surface area contributed by atoms with Gasteiger partial charge in [0.05, 0.1) is 17.5 Å². The van der Waals surface area contributed by atoms with Crippen LogP contribution in [0.15, 0.2) is 84.0 Å². The highest BCUT2D eigenvalue weighted by Crippen LogP contribution is 2.22. The number of hydrogen-bond acceptors (Lipinski definition) is 5. The van der Waals surface area contributed by atoms with E-state index in [1.165, 1.54) is 12.6 Å². The van der Waals surface area contributed by atoms with Gasteiger partial charge in [-0.15, -0.1) is 0 Å². The van der Waals surface area contributed by atoms with Crippen LogP contribution in [0.3, 0.4) is 0 Å². The third-order valence-corrected chi connectivity index (χ3v) is 5.78. The minimum absolute atomic E-state index is 0.129. The first-order valence-electron chi connectivity index (χ1n) is 12.0. The Balaban J connectivity index is 1.32. The molecule has 8 heteroatoms. The van der Waals surface area contributed by atoms with Crippen LogP contribution < -0.4 is 20.8 Å². The van der Waals surface area contributed by atoms with Gasteiger partial charge in [-0.2, -0.15) is 5.10 Å². The number of benzene rings is 3. The Morgan fingerprint density at radius 3 is 2.33 bits per heavy atom. The van der Waals surface area contributed by atoms with Gasteiger partial charge < -0.3 is 15.4 Å². The lowest BCUT2D eigenvalue weighted by Crippen LogP contribution is -2.37. The van der Waals surface area contributed by atoms with E-state index < -0.39 is 11.8 Å². The van der Waals surface area contributed by atoms with E-state index in [0.29, 0.717) is 22.6 Å². The molecule has 36 heavy (non-hydrogen) atoms. The number of amides is 3. The molecular weight excluding hydrogens is 456 g/mol. The molecule has 3 amide bonds. The molecule has 3 aromatic carbocycles. The van der Waals surface area contributed by atoms with Crippen LogP contribution in [0.1, 0.15) is 48.0 Å². The Morgan fingerprint density at radius 2 is 1.53 bits per heavy atom. The number of carbonyl (C=O) groups excluding carboxylic acids is 3. The molecule has 0 spiro atoms. The van der Waals surface area contributed by atoms with E-state index in [9.17, 15) is 14.4 Å². The first kappa shape index (κ1) is 24.7. The fourth-order valence-corrected chi connectivity index (χ4v) is 3.98. The predicted octanol–water partition coefficient (Wildman–Crippen LogP) is 4.63. The first-order chi connectivity index (χ1) is 17.6. The predicted molar refractivity (Wildman–Crippen MR) is 138 cm³/mol. The Bertz CT molecular complexity index is 1240. The molecule has 184 valence electrons. The molecule has 3 aromatic rings. The van der Waals surface area contributed by atoms with E-state index >= 15 is 0 Å². The normalized spacial score (nSPS) is 13.7. The molecule has 1 saturated carbocycles. The summed E-state index contributed by atoms with van der Waals surface area (Å²) in [6.07, 6.45) is 6.67. The summed E-state index contributed by atoms with van der Waals surface area (Å²) in [6, 6.07) is 23.2. The molecule has 8 nitrogen and oxygen atoms in total. The number of para-hydroxylation sites is 2. The van der Waals surface area contributed by atoms with Crippen LogP contribution in [0.4, 0.5) is 5.69 Å². The maximum absolute atomic E-state index is 12.8. The average molecular weight is 485 g/mol. The van der Waals surface area contributed by atoms with Crippen molar-refractivity contribution in [1.82, 2.24) is 10.7 Å². The molecule has 0 unspecified atom stereocenters. The molecule has 1 aliphatic rings. The van der Waals surface area contributed by atoms with Crippen molar-refractivity contribution < 1.29 is 19.1 Å². The maximum atomic E-state index is 12.8. The summed E-state index contributed by atoms with van der Waals surface area (Å²) in [5.74, 6) is -0.841. The SMILES string of the molecule is O=C(N/N=C\c1cccc(Oc2ccccc2)c1)C(=O)Nc1ccccc1C(=O)NC1CCCCC1. The summed E-state index contributed by atoms with van der Waals surface area (Å²) in [4.78, 5) is 37.5. The monoisotopic (exact) mass is 484 g/mol. The van der Waals surface area contributed by atoms with Gasteiger partial charge in [0.15, 0.2) is 0 Å². The highest BCUT2D eigenvalue weighted by molar-refractivity contribution is 6.40. The lowest BCUT2D eigenvalue weighted by Gasteiger charge is -2.23. The molecule has 0 aliphatic heterocycles. The molecule has 0 bridgehead atoms. The van der Waals surface area contributed by atoms with Crippen LogP contribution >= 0.6 is 0 Å². The van der Waals surface area contributed by atoms with Crippen LogP contribution in [0.25, 0.3) is 0 Å². The molecule has 4 rings (SSSR count). The van der Waals surface area contributed by atoms with Crippen molar-refractivity contribution in [3.8, 4) is 11.5 Å². The summed E-state index contributed by atoms with van der Waals surface area (Å²) < 4.78 is 5.78. The highest BCUT2D eigenvalue weighted by Gasteiger charge is 2.20. The van der Waals surface area contributed by atoms with Gasteiger partial charge in [-0.25, -0.2) is 5.43 Å². The zero-order chi connectivity index (χ0) is 25.2. The molecule has 3 N–H and O–H groups in total. The van der Waals surface area contributed by atoms with Crippen LogP contribution in [0.2, 0.25) is 0 Å². The summed E-state index contributed by atoms with van der Waals surface area (Å²) in [5.41, 5.74) is 3.46. The Kier molecular flexibility index (Phi) is 8.43. The lowest BCUT2D eigenvalue weighted by molar-refractivity contribution is -0.136. The van der Waals surface area contributed by atoms with Crippen molar-refractivity contribution in [2.45, 2.75) is 38.1 Å². The third-order valence-electron chi connectivity index (χ3n) is 5.78. The maximum Gasteiger partial charge on any atom is 0.329 e. The van der Waals surface area contributed by atoms with Crippen molar-refractivity contribution >= 4 is 29.6 Å². The van der Waals surface area contributed by atoms with Crippen molar-refractivity contribution in [2.75, 3.05) is 5.32 Å². The molecule has 1 fully saturated rings. The molecule has 0 heterocycles. The highest BCUT2D eigenvalue weighted by atomic mass is 16.5. The molecule has 0 atom stereocenters. The van der Waals surface area contributed by atoms with Crippen molar-refractivity contribution in [1.29, 1.82) is 0 Å². The largest absolute Gasteiger partial charge is 0.457 e. The van der Waals surface area contributed by atoms with E-state index in [-0.39, 0.29) is 17.6 Å². The Labute approximate surface area is 209 Å². The van der Waals surface area contributed by atoms with Crippen molar-refractivity contribution in [3.63, 3.8) is 0 Å². The molecule has 0 radical (unpaired) electrons. The smallest absolute Gasteiger partial charge is 0.329 e. The summed E-state index contributed by atoms with van der Waals surface area (Å²) in [7, 11) is 0. The first-order valence-corrected chi connectivity index (χ1v) is 12.0. The third kappa shape index (κ3) is 7.02. The van der Waals surface area contributed by atoms with Crippen LogP contribution in [0.5, 0.6) is 11.5 Å². The Morgan fingerprint density at radius 1 is 0.806 bits per heavy atom. The minimum Gasteiger partial charge on any atom is -0.457 e. The number of carbonyl (C=O) groups is 3. The number of hydrazone groups is 1. The van der Waals surface area contributed by atoms with Gasteiger partial charge in [-0.1, -0.05) is 61.7 Å². The molecule has 0 aromatic heterocycles. The second-order valence-electron chi connectivity index (χ2n) is 8.49. The van der Waals surface area contributed by atoms with Gasteiger partial charge in [-0.3, -0.25) is 14.4 Å². The number of ether oxygens (including phenoxy) is 1. The van der Waals surface area contributed by atoms with E-state index in [4.69, 9.17) is 4.74 Å². The zero-order valence-corrected chi connectivity index (χ0v) is 19.8. The van der Waals surface area contributed by atoms with Crippen LogP contribution in [-0.4, -0.2) is 30.0 Å². The fraction of sp³-hybridized carbons (Fsp3) is 0.214. The minimum atomic E-state index is -0.953. The van der Waals surface area contributed by atoms with Crippen molar-refractivity contribution in [3.05, 3.63) is 90.0 Å². The lowest BCUT2D eigenvalue weighted by atomic mass is 9.95. The standard InChI is InChI=1S/C28H28N4O4/c33-26(30-21-11-3-1-4-12-21)24-16-7-8-17-25(24)31-27(34)28(35)32-29-19-20-10-9-15-23(18-20)36-22-13-5-2-6-14-22/h2,5-10,13-19,21H,1,3-4,11-12H2,(H,30,33)(H,31,34)(H,32,35)/b29-19-. The molecular formula is C28H28N4O4. The summed E-state index contributed by atoms with van der Waals surface area (Å²) >= 11 is 0. The quantitative estimate of drug-likeness (QED) is 0.258. The van der Waals surface area contributed by atoms with Gasteiger partial charge in [0, 0.05) is 6.04 Å². The number of nitrogens with zero attached hydrogens (tertiary/aromatic N) is 1. The number of hydrogen-bond donors (Lipinski definition) is 3. The van der Waals surface area contributed by atoms with Crippen LogP contribution in [0, 0.1) is 0 Å². The second kappa shape index (κ2) is 12.3. The molecule has 1 aliphatic carbocycles. The number of nitrogens with one attached hydrogen (secondary N) is 3. The van der Waals surface area contributed by atoms with Crippen molar-refractivity contribution in [2.24, 2.45) is 5.10 Å². The van der Waals surface area contributed by atoms with Crippen LogP contribution in [-0.2, 0) is 9.59 Å². The summed E-state index contributed by atoms with van der Waals surface area (Å²) in [5, 5.41) is 9.40. The van der Waals surface area contributed by atoms with E-state index in [2.05, 4.69) is 21.2 Å². The second-order valence-corrected chi connectivity index (χ2v) is 8.49. The van der Waals surface area contributed by atoms with E-state index in [1.807, 2.05) is 30.3 Å². The van der Waals surface area contributed by atoms with Gasteiger partial charge in [-0.05, 0) is 54.8 Å². The topological polar surface area (TPSA) is 109 Å². The Hall–Kier alpha value is -4.46. The average Bonchev–Trinajstić information content (AvgIpc) is 2.90. The number of anilines is 1. The van der Waals surface area contributed by atoms with Gasteiger partial charge >= 0.3 is 11.8 Å². The fourth-order valence-electron chi connectivity index (χ4n) is 3.98. The van der Waals surface area contributed by atoms with E-state index in [1.54, 1.807) is 48.5 Å². The molecule has 0 saturated heterocycles. The zero-order valence-electron chi connectivity index (χ0n) is 19.8. The van der Waals surface area contributed by atoms with Gasteiger partial charge in [0.2, 0.25) is 0 Å². The van der Waals surface area contributed by atoms with E-state index in [0.717, 1.165) is 25.7 Å².